The summed E-state index contributed by atoms with van der Waals surface area (Å²) in [6.07, 6.45) is 2.93. The van der Waals surface area contributed by atoms with Crippen LogP contribution in [0.1, 0.15) is 33.1 Å². The van der Waals surface area contributed by atoms with Gasteiger partial charge in [0.05, 0.1) is 6.54 Å². The van der Waals surface area contributed by atoms with Gasteiger partial charge in [0.15, 0.2) is 0 Å². The van der Waals surface area contributed by atoms with Gasteiger partial charge in [0.25, 0.3) is 0 Å². The first-order valence-electron chi connectivity index (χ1n) is 5.79. The van der Waals surface area contributed by atoms with Crippen molar-refractivity contribution < 1.29 is 9.90 Å². The topological polar surface area (TPSA) is 61.4 Å². The van der Waals surface area contributed by atoms with E-state index in [1.807, 2.05) is 6.92 Å². The Bertz CT molecular complexity index is 163. The lowest BCUT2D eigenvalue weighted by Gasteiger charge is -2.08. The molecule has 0 aromatic rings. The summed E-state index contributed by atoms with van der Waals surface area (Å²) in [6, 6.07) is 0. The quantitative estimate of drug-likeness (QED) is 0.492. The van der Waals surface area contributed by atoms with E-state index in [1.165, 1.54) is 0 Å². The van der Waals surface area contributed by atoms with E-state index in [2.05, 4.69) is 17.6 Å². The fraction of sp³-hybridized carbons (Fsp3) is 0.909. The summed E-state index contributed by atoms with van der Waals surface area (Å²) >= 11 is 0. The molecule has 15 heavy (non-hydrogen) atoms. The molecule has 0 aliphatic heterocycles. The minimum atomic E-state index is 0.0556. The number of carbonyl (C=O) groups excluding carboxylic acids is 1. The molecule has 0 saturated heterocycles. The Morgan fingerprint density at radius 3 is 2.73 bits per heavy atom. The van der Waals surface area contributed by atoms with Gasteiger partial charge in [0.2, 0.25) is 5.91 Å². The summed E-state index contributed by atoms with van der Waals surface area (Å²) in [7, 11) is 0. The second kappa shape index (κ2) is 9.93. The highest BCUT2D eigenvalue weighted by atomic mass is 16.3. The summed E-state index contributed by atoms with van der Waals surface area (Å²) in [5.74, 6) is 0.389. The van der Waals surface area contributed by atoms with Crippen LogP contribution >= 0.6 is 0 Å². The van der Waals surface area contributed by atoms with Gasteiger partial charge in [-0.1, -0.05) is 13.8 Å². The molecule has 0 aliphatic rings. The second-order valence-corrected chi connectivity index (χ2v) is 3.96. The molecule has 0 aromatic carbocycles. The normalized spacial score (nSPS) is 12.5. The number of aliphatic hydroxyl groups is 1. The molecule has 4 heteroatoms. The van der Waals surface area contributed by atoms with Gasteiger partial charge in [-0.15, -0.1) is 0 Å². The Labute approximate surface area is 92.4 Å². The van der Waals surface area contributed by atoms with Crippen molar-refractivity contribution in [2.45, 2.75) is 33.1 Å². The van der Waals surface area contributed by atoms with Crippen molar-refractivity contribution in [2.24, 2.45) is 5.92 Å². The van der Waals surface area contributed by atoms with Crippen molar-refractivity contribution in [1.82, 2.24) is 10.6 Å². The maximum Gasteiger partial charge on any atom is 0.233 e. The smallest absolute Gasteiger partial charge is 0.233 e. The van der Waals surface area contributed by atoms with Crippen molar-refractivity contribution >= 4 is 5.91 Å². The Hall–Kier alpha value is -0.610. The zero-order chi connectivity index (χ0) is 11.5. The van der Waals surface area contributed by atoms with E-state index in [-0.39, 0.29) is 12.5 Å². The van der Waals surface area contributed by atoms with Crippen LogP contribution in [0.25, 0.3) is 0 Å². The van der Waals surface area contributed by atoms with Crippen LogP contribution < -0.4 is 10.6 Å². The fourth-order valence-electron chi connectivity index (χ4n) is 1.21. The van der Waals surface area contributed by atoms with Gasteiger partial charge in [0.1, 0.15) is 0 Å². The molecule has 3 N–H and O–H groups in total. The lowest BCUT2D eigenvalue weighted by Crippen LogP contribution is -2.34. The van der Waals surface area contributed by atoms with E-state index in [9.17, 15) is 4.79 Å². The zero-order valence-electron chi connectivity index (χ0n) is 9.88. The van der Waals surface area contributed by atoms with Crippen LogP contribution in [-0.4, -0.2) is 37.3 Å². The monoisotopic (exact) mass is 216 g/mol. The molecule has 0 spiro atoms. The predicted octanol–water partition coefficient (Wildman–Crippen LogP) is 0.511. The molecule has 0 aliphatic carbocycles. The molecule has 1 unspecified atom stereocenters. The van der Waals surface area contributed by atoms with Gasteiger partial charge >= 0.3 is 0 Å². The number of rotatable bonds is 9. The molecule has 1 atom stereocenters. The molecule has 0 heterocycles. The molecule has 0 fully saturated rings. The third-order valence-electron chi connectivity index (χ3n) is 2.22. The summed E-state index contributed by atoms with van der Waals surface area (Å²) in [5, 5.41) is 14.7. The third-order valence-corrected chi connectivity index (χ3v) is 2.22. The SMILES string of the molecule is CCCNCC(=O)NCCCC(C)CO. The largest absolute Gasteiger partial charge is 0.396 e. The van der Waals surface area contributed by atoms with E-state index < -0.39 is 0 Å². The third kappa shape index (κ3) is 9.69. The molecular formula is C11H24N2O2. The summed E-state index contributed by atoms with van der Waals surface area (Å²) in [4.78, 5) is 11.2. The van der Waals surface area contributed by atoms with E-state index >= 15 is 0 Å². The number of aliphatic hydroxyl groups excluding tert-OH is 1. The fourth-order valence-corrected chi connectivity index (χ4v) is 1.21. The van der Waals surface area contributed by atoms with E-state index in [0.29, 0.717) is 19.0 Å². The van der Waals surface area contributed by atoms with E-state index in [1.54, 1.807) is 0 Å². The minimum Gasteiger partial charge on any atom is -0.396 e. The van der Waals surface area contributed by atoms with Crippen molar-refractivity contribution in [2.75, 3.05) is 26.2 Å². The van der Waals surface area contributed by atoms with Crippen LogP contribution in [-0.2, 0) is 4.79 Å². The average molecular weight is 216 g/mol. The molecule has 4 nitrogen and oxygen atoms in total. The van der Waals surface area contributed by atoms with Crippen molar-refractivity contribution in [3.05, 3.63) is 0 Å². The highest BCUT2D eigenvalue weighted by molar-refractivity contribution is 5.77. The summed E-state index contributed by atoms with van der Waals surface area (Å²) < 4.78 is 0. The first kappa shape index (κ1) is 14.4. The van der Waals surface area contributed by atoms with Gasteiger partial charge in [-0.3, -0.25) is 4.79 Å². The van der Waals surface area contributed by atoms with Crippen LogP contribution in [0.3, 0.4) is 0 Å². The zero-order valence-corrected chi connectivity index (χ0v) is 9.88. The number of nitrogens with one attached hydrogen (secondary N) is 2. The number of hydrogen-bond acceptors (Lipinski definition) is 3. The Balaban J connectivity index is 3.23. The van der Waals surface area contributed by atoms with Crippen molar-refractivity contribution in [3.63, 3.8) is 0 Å². The molecule has 90 valence electrons. The minimum absolute atomic E-state index is 0.0556. The van der Waals surface area contributed by atoms with E-state index in [0.717, 1.165) is 25.8 Å². The van der Waals surface area contributed by atoms with Crippen LogP contribution in [0, 0.1) is 5.92 Å². The Morgan fingerprint density at radius 2 is 2.13 bits per heavy atom. The van der Waals surface area contributed by atoms with Gasteiger partial charge in [-0.05, 0) is 31.7 Å². The van der Waals surface area contributed by atoms with Crippen LogP contribution in [0.15, 0.2) is 0 Å². The van der Waals surface area contributed by atoms with Crippen LogP contribution in [0.5, 0.6) is 0 Å². The highest BCUT2D eigenvalue weighted by Gasteiger charge is 2.01. The number of amides is 1. The second-order valence-electron chi connectivity index (χ2n) is 3.96. The van der Waals surface area contributed by atoms with E-state index in [4.69, 9.17) is 5.11 Å². The van der Waals surface area contributed by atoms with Gasteiger partial charge in [-0.25, -0.2) is 0 Å². The maximum absolute atomic E-state index is 11.2. The molecular weight excluding hydrogens is 192 g/mol. The molecule has 0 radical (unpaired) electrons. The van der Waals surface area contributed by atoms with Crippen molar-refractivity contribution in [3.8, 4) is 0 Å². The number of carbonyl (C=O) groups is 1. The Morgan fingerprint density at radius 1 is 1.40 bits per heavy atom. The van der Waals surface area contributed by atoms with Gasteiger partial charge in [0, 0.05) is 13.2 Å². The Kier molecular flexibility index (Phi) is 9.52. The van der Waals surface area contributed by atoms with Gasteiger partial charge < -0.3 is 15.7 Å². The summed E-state index contributed by atoms with van der Waals surface area (Å²) in [6.45, 7) is 6.30. The lowest BCUT2D eigenvalue weighted by molar-refractivity contribution is -0.120. The molecule has 0 bridgehead atoms. The van der Waals surface area contributed by atoms with Crippen molar-refractivity contribution in [1.29, 1.82) is 0 Å². The standard InChI is InChI=1S/C11H24N2O2/c1-3-6-12-8-11(15)13-7-4-5-10(2)9-14/h10,12,14H,3-9H2,1-2H3,(H,13,15). The highest BCUT2D eigenvalue weighted by Crippen LogP contribution is 2.02. The molecule has 0 rings (SSSR count). The average Bonchev–Trinajstić information content (AvgIpc) is 2.24. The first-order chi connectivity index (χ1) is 7.20. The molecule has 1 amide bonds. The van der Waals surface area contributed by atoms with Crippen LogP contribution in [0.4, 0.5) is 0 Å². The molecule has 0 saturated carbocycles. The molecule has 0 aromatic heterocycles. The maximum atomic E-state index is 11.2. The van der Waals surface area contributed by atoms with Crippen LogP contribution in [0.2, 0.25) is 0 Å². The van der Waals surface area contributed by atoms with Gasteiger partial charge in [-0.2, -0.15) is 0 Å². The predicted molar refractivity (Wildman–Crippen MR) is 61.7 cm³/mol. The number of hydrogen-bond donors (Lipinski definition) is 3. The first-order valence-corrected chi connectivity index (χ1v) is 5.79. The summed E-state index contributed by atoms with van der Waals surface area (Å²) in [5.41, 5.74) is 0. The lowest BCUT2D eigenvalue weighted by atomic mass is 10.1.